The van der Waals surface area contributed by atoms with Gasteiger partial charge in [0.25, 0.3) is 5.91 Å². The highest BCUT2D eigenvalue weighted by Gasteiger charge is 2.36. The fraction of sp³-hybridized carbons (Fsp3) is 0.520. The van der Waals surface area contributed by atoms with E-state index >= 15 is 0 Å². The minimum absolute atomic E-state index is 0.0996. The van der Waals surface area contributed by atoms with Gasteiger partial charge in [-0.3, -0.25) is 9.59 Å². The van der Waals surface area contributed by atoms with Gasteiger partial charge in [-0.1, -0.05) is 17.7 Å². The molecule has 0 spiro atoms. The minimum Gasteiger partial charge on any atom is -0.373 e. The summed E-state index contributed by atoms with van der Waals surface area (Å²) in [4.78, 5) is 45.7. The normalized spacial score (nSPS) is 26.2. The second-order valence-corrected chi connectivity index (χ2v) is 10.9. The molecule has 2 aromatic rings. The van der Waals surface area contributed by atoms with Crippen molar-refractivity contribution in [1.29, 1.82) is 0 Å². The second kappa shape index (κ2) is 9.46. The van der Waals surface area contributed by atoms with Crippen LogP contribution in [0.3, 0.4) is 0 Å². The fourth-order valence-electron chi connectivity index (χ4n) is 5.24. The Morgan fingerprint density at radius 3 is 2.91 bits per heavy atom. The number of amides is 2. The molecule has 180 valence electrons. The van der Waals surface area contributed by atoms with Gasteiger partial charge in [0, 0.05) is 54.5 Å². The summed E-state index contributed by atoms with van der Waals surface area (Å²) in [7, 11) is 2.07. The molecule has 3 heterocycles. The molecule has 3 N–H and O–H groups in total. The average molecular weight is 482 g/mol. The number of anilines is 1. The van der Waals surface area contributed by atoms with E-state index in [1.165, 1.54) is 16.9 Å². The Bertz CT molecular complexity index is 1120. The Labute approximate surface area is 203 Å². The highest BCUT2D eigenvalue weighted by molar-refractivity contribution is 7.13. The smallest absolute Gasteiger partial charge is 0.280 e. The largest absolute Gasteiger partial charge is 0.373 e. The highest BCUT2D eigenvalue weighted by atomic mass is 32.1. The van der Waals surface area contributed by atoms with E-state index in [2.05, 4.69) is 38.9 Å². The highest BCUT2D eigenvalue weighted by Crippen LogP contribution is 2.29. The maximum atomic E-state index is 13.1. The van der Waals surface area contributed by atoms with Crippen LogP contribution in [0, 0.1) is 12.8 Å². The number of rotatable bonds is 5. The standard InChI is InChI=1S/C25H31N5O3S/c1-14-3-5-17-16(9-14)11-21(26-17)23(32)28-20-10-15(13-31)4-6-18(20)27-24(33)25-29-19-7-8-30(2)12-22(19)34-25/h3,5,9,13,15,18,20-21,26H,4,6-8,10-12H2,1-2H3,(H,27,33)(H,28,32)/t15-,18-,20+,21?/m1/s1. The summed E-state index contributed by atoms with van der Waals surface area (Å²) in [6, 6.07) is 5.26. The predicted octanol–water partition coefficient (Wildman–Crippen LogP) is 2.06. The first-order valence-electron chi connectivity index (χ1n) is 12.0. The summed E-state index contributed by atoms with van der Waals surface area (Å²) in [5, 5.41) is 10.0. The van der Waals surface area contributed by atoms with Crippen molar-refractivity contribution in [2.75, 3.05) is 18.9 Å². The van der Waals surface area contributed by atoms with Crippen LogP contribution in [0.1, 0.15) is 50.8 Å². The Balaban J connectivity index is 1.26. The van der Waals surface area contributed by atoms with Crippen molar-refractivity contribution in [2.45, 2.75) is 63.7 Å². The van der Waals surface area contributed by atoms with Gasteiger partial charge < -0.3 is 25.6 Å². The first-order chi connectivity index (χ1) is 16.4. The Kier molecular flexibility index (Phi) is 6.40. The van der Waals surface area contributed by atoms with Gasteiger partial charge >= 0.3 is 0 Å². The topological polar surface area (TPSA) is 103 Å². The van der Waals surface area contributed by atoms with Crippen molar-refractivity contribution in [3.8, 4) is 0 Å². The van der Waals surface area contributed by atoms with Crippen LogP contribution in [-0.4, -0.2) is 59.7 Å². The van der Waals surface area contributed by atoms with Crippen molar-refractivity contribution < 1.29 is 14.4 Å². The van der Waals surface area contributed by atoms with Gasteiger partial charge in [0.15, 0.2) is 5.01 Å². The van der Waals surface area contributed by atoms with Gasteiger partial charge in [-0.05, 0) is 44.9 Å². The van der Waals surface area contributed by atoms with E-state index in [0.29, 0.717) is 30.7 Å². The van der Waals surface area contributed by atoms with Gasteiger partial charge in [-0.25, -0.2) is 4.98 Å². The van der Waals surface area contributed by atoms with E-state index in [-0.39, 0.29) is 35.9 Å². The first kappa shape index (κ1) is 23.0. The molecule has 5 rings (SSSR count). The van der Waals surface area contributed by atoms with Crippen LogP contribution >= 0.6 is 11.3 Å². The number of carbonyl (C=O) groups is 3. The van der Waals surface area contributed by atoms with Crippen LogP contribution in [0.25, 0.3) is 0 Å². The zero-order chi connectivity index (χ0) is 23.8. The lowest BCUT2D eigenvalue weighted by atomic mass is 9.82. The second-order valence-electron chi connectivity index (χ2n) is 9.84. The Morgan fingerprint density at radius 1 is 1.24 bits per heavy atom. The molecule has 1 fully saturated rings. The number of aldehydes is 1. The molecule has 34 heavy (non-hydrogen) atoms. The molecule has 8 nitrogen and oxygen atoms in total. The van der Waals surface area contributed by atoms with Crippen molar-refractivity contribution in [2.24, 2.45) is 5.92 Å². The van der Waals surface area contributed by atoms with Crippen molar-refractivity contribution in [3.05, 3.63) is 44.9 Å². The number of carbonyl (C=O) groups excluding carboxylic acids is 3. The fourth-order valence-corrected chi connectivity index (χ4v) is 6.33. The van der Waals surface area contributed by atoms with Crippen molar-refractivity contribution in [3.63, 3.8) is 0 Å². The molecular formula is C25H31N5O3S. The summed E-state index contributed by atoms with van der Waals surface area (Å²) in [5.41, 5.74) is 4.31. The molecule has 2 aliphatic heterocycles. The number of nitrogens with one attached hydrogen (secondary N) is 3. The quantitative estimate of drug-likeness (QED) is 0.565. The van der Waals surface area contributed by atoms with E-state index in [9.17, 15) is 14.4 Å². The number of benzene rings is 1. The van der Waals surface area contributed by atoms with E-state index in [4.69, 9.17) is 0 Å². The van der Waals surface area contributed by atoms with Gasteiger partial charge in [-0.2, -0.15) is 0 Å². The molecule has 1 aromatic carbocycles. The number of hydrogen-bond donors (Lipinski definition) is 3. The molecule has 1 saturated carbocycles. The van der Waals surface area contributed by atoms with Crippen LogP contribution < -0.4 is 16.0 Å². The van der Waals surface area contributed by atoms with Gasteiger partial charge in [0.2, 0.25) is 5.91 Å². The monoisotopic (exact) mass is 481 g/mol. The summed E-state index contributed by atoms with van der Waals surface area (Å²) >= 11 is 1.45. The number of aryl methyl sites for hydroxylation is 1. The summed E-state index contributed by atoms with van der Waals surface area (Å²) in [6.07, 6.45) is 4.32. The summed E-state index contributed by atoms with van der Waals surface area (Å²) < 4.78 is 0. The summed E-state index contributed by atoms with van der Waals surface area (Å²) in [6.45, 7) is 3.81. The number of hydrogen-bond acceptors (Lipinski definition) is 7. The average Bonchev–Trinajstić information content (AvgIpc) is 3.43. The molecule has 1 unspecified atom stereocenters. The maximum Gasteiger partial charge on any atom is 0.280 e. The van der Waals surface area contributed by atoms with Crippen LogP contribution in [0.4, 0.5) is 5.69 Å². The molecule has 0 saturated heterocycles. The number of fused-ring (bicyclic) bond motifs is 2. The number of likely N-dealkylation sites (N-methyl/N-ethyl adjacent to an activating group) is 1. The molecule has 1 aromatic heterocycles. The van der Waals surface area contributed by atoms with Crippen molar-refractivity contribution in [1.82, 2.24) is 20.5 Å². The van der Waals surface area contributed by atoms with Crippen LogP contribution in [0.5, 0.6) is 0 Å². The third kappa shape index (κ3) is 4.72. The lowest BCUT2D eigenvalue weighted by Crippen LogP contribution is -2.56. The minimum atomic E-state index is -0.354. The molecule has 1 aliphatic carbocycles. The van der Waals surface area contributed by atoms with E-state index in [1.54, 1.807) is 0 Å². The Hall–Kier alpha value is -2.78. The molecule has 3 aliphatic rings. The SMILES string of the molecule is Cc1ccc2c(c1)CC(C(=O)N[C@H]1C[C@H](C=O)CC[C@H]1NC(=O)c1nc3c(s1)CN(C)CC3)N2. The number of nitrogens with zero attached hydrogens (tertiary/aromatic N) is 2. The zero-order valence-electron chi connectivity index (χ0n) is 19.6. The Morgan fingerprint density at radius 2 is 2.09 bits per heavy atom. The summed E-state index contributed by atoms with van der Waals surface area (Å²) in [5.74, 6) is -0.410. The van der Waals surface area contributed by atoms with Gasteiger partial charge in [0.1, 0.15) is 12.3 Å². The predicted molar refractivity (Wildman–Crippen MR) is 131 cm³/mol. The molecule has 0 radical (unpaired) electrons. The van der Waals surface area contributed by atoms with E-state index < -0.39 is 0 Å². The molecule has 0 bridgehead atoms. The maximum absolute atomic E-state index is 13.1. The first-order valence-corrected chi connectivity index (χ1v) is 12.8. The number of aromatic nitrogens is 1. The molecule has 2 amide bonds. The van der Waals surface area contributed by atoms with Crippen LogP contribution in [0.15, 0.2) is 18.2 Å². The molecule has 9 heteroatoms. The molecule has 4 atom stereocenters. The van der Waals surface area contributed by atoms with Crippen molar-refractivity contribution >= 4 is 35.1 Å². The third-order valence-electron chi connectivity index (χ3n) is 7.17. The lowest BCUT2D eigenvalue weighted by molar-refractivity contribution is -0.123. The number of thiazole rings is 1. The van der Waals surface area contributed by atoms with Crippen LogP contribution in [0.2, 0.25) is 0 Å². The van der Waals surface area contributed by atoms with E-state index in [1.807, 2.05) is 19.1 Å². The van der Waals surface area contributed by atoms with Gasteiger partial charge in [-0.15, -0.1) is 11.3 Å². The third-order valence-corrected chi connectivity index (χ3v) is 8.26. The van der Waals surface area contributed by atoms with E-state index in [0.717, 1.165) is 47.6 Å². The van der Waals surface area contributed by atoms with Gasteiger partial charge in [0.05, 0.1) is 5.69 Å². The van der Waals surface area contributed by atoms with Crippen LogP contribution in [-0.2, 0) is 29.0 Å². The lowest BCUT2D eigenvalue weighted by Gasteiger charge is -2.35. The molecular weight excluding hydrogens is 450 g/mol. The zero-order valence-corrected chi connectivity index (χ0v) is 20.4.